The monoisotopic (exact) mass is 369 g/mol. The minimum atomic E-state index is -0.302. The molecule has 4 aromatic rings. The van der Waals surface area contributed by atoms with Crippen LogP contribution in [0.4, 0.5) is 17.2 Å². The molecule has 0 spiro atoms. The highest BCUT2D eigenvalue weighted by Crippen LogP contribution is 2.26. The average Bonchev–Trinajstić information content (AvgIpc) is 3.29. The van der Waals surface area contributed by atoms with Crippen LogP contribution in [0.5, 0.6) is 0 Å². The first-order valence-electron chi connectivity index (χ1n) is 8.97. The van der Waals surface area contributed by atoms with Crippen LogP contribution in [-0.4, -0.2) is 10.9 Å². The number of rotatable bonds is 6. The van der Waals surface area contributed by atoms with Crippen LogP contribution in [-0.2, 0) is 6.54 Å². The molecule has 0 bridgehead atoms. The summed E-state index contributed by atoms with van der Waals surface area (Å²) in [6.45, 7) is 0.690. The van der Waals surface area contributed by atoms with Crippen LogP contribution in [0.2, 0.25) is 0 Å². The molecule has 0 fully saturated rings. The first-order valence-corrected chi connectivity index (χ1v) is 8.97. The summed E-state index contributed by atoms with van der Waals surface area (Å²) in [5, 5.41) is 2.79. The Morgan fingerprint density at radius 2 is 1.64 bits per heavy atom. The van der Waals surface area contributed by atoms with Crippen LogP contribution in [0.3, 0.4) is 0 Å². The van der Waals surface area contributed by atoms with Gasteiger partial charge in [-0.1, -0.05) is 48.5 Å². The van der Waals surface area contributed by atoms with E-state index in [4.69, 9.17) is 4.42 Å². The van der Waals surface area contributed by atoms with E-state index in [1.165, 1.54) is 11.8 Å². The summed E-state index contributed by atoms with van der Waals surface area (Å²) < 4.78 is 5.11. The lowest BCUT2D eigenvalue weighted by molar-refractivity contribution is 0.0996. The molecule has 2 heterocycles. The highest BCUT2D eigenvalue weighted by molar-refractivity contribution is 6.02. The van der Waals surface area contributed by atoms with E-state index < -0.39 is 0 Å². The molecule has 1 amide bonds. The quantitative estimate of drug-likeness (QED) is 0.503. The summed E-state index contributed by atoms with van der Waals surface area (Å²) >= 11 is 0. The van der Waals surface area contributed by atoms with Crippen molar-refractivity contribution in [3.63, 3.8) is 0 Å². The largest absolute Gasteiger partial charge is 0.459 e. The second-order valence-electron chi connectivity index (χ2n) is 6.24. The lowest BCUT2D eigenvalue weighted by Crippen LogP contribution is -2.18. The summed E-state index contributed by atoms with van der Waals surface area (Å²) in [6, 6.07) is 27.4. The zero-order chi connectivity index (χ0) is 19.2. The molecule has 0 unspecified atom stereocenters. The molecule has 0 aliphatic carbocycles. The molecular formula is C23H19N3O2. The van der Waals surface area contributed by atoms with E-state index in [1.807, 2.05) is 48.5 Å². The highest BCUT2D eigenvalue weighted by atomic mass is 16.3. The standard InChI is InChI=1S/C23H19N3O2/c27-23(21-12-7-15-28-21)25-19-13-14-22(24-16-19)26(20-10-5-2-6-11-20)17-18-8-3-1-4-9-18/h1-16H,17H2,(H,25,27). The van der Waals surface area contributed by atoms with Crippen molar-refractivity contribution in [1.29, 1.82) is 0 Å². The Kier molecular flexibility index (Phi) is 5.15. The molecule has 4 rings (SSSR count). The van der Waals surface area contributed by atoms with E-state index in [2.05, 4.69) is 39.5 Å². The van der Waals surface area contributed by atoms with Crippen LogP contribution < -0.4 is 10.2 Å². The number of anilines is 3. The third-order valence-corrected chi connectivity index (χ3v) is 4.28. The van der Waals surface area contributed by atoms with Crippen LogP contribution in [0.1, 0.15) is 16.1 Å². The van der Waals surface area contributed by atoms with Crippen molar-refractivity contribution in [2.24, 2.45) is 0 Å². The second-order valence-corrected chi connectivity index (χ2v) is 6.24. The first-order chi connectivity index (χ1) is 13.8. The lowest BCUT2D eigenvalue weighted by Gasteiger charge is -2.24. The molecule has 138 valence electrons. The van der Waals surface area contributed by atoms with Gasteiger partial charge >= 0.3 is 0 Å². The number of benzene rings is 2. The van der Waals surface area contributed by atoms with Gasteiger partial charge in [0.25, 0.3) is 5.91 Å². The number of carbonyl (C=O) groups excluding carboxylic acids is 1. The molecule has 0 atom stereocenters. The minimum Gasteiger partial charge on any atom is -0.459 e. The molecule has 28 heavy (non-hydrogen) atoms. The Morgan fingerprint density at radius 3 is 2.29 bits per heavy atom. The molecule has 1 N–H and O–H groups in total. The van der Waals surface area contributed by atoms with Crippen molar-refractivity contribution in [3.8, 4) is 0 Å². The molecule has 0 saturated carbocycles. The fourth-order valence-corrected chi connectivity index (χ4v) is 2.90. The van der Waals surface area contributed by atoms with Gasteiger partial charge in [0.15, 0.2) is 5.76 Å². The number of hydrogen-bond donors (Lipinski definition) is 1. The van der Waals surface area contributed by atoms with Gasteiger partial charge in [0.1, 0.15) is 5.82 Å². The van der Waals surface area contributed by atoms with Gasteiger partial charge in [-0.25, -0.2) is 4.98 Å². The number of hydrogen-bond acceptors (Lipinski definition) is 4. The molecule has 0 aliphatic rings. The Hall–Kier alpha value is -3.86. The molecule has 5 heteroatoms. The Balaban J connectivity index is 1.57. The van der Waals surface area contributed by atoms with Crippen molar-refractivity contribution in [1.82, 2.24) is 4.98 Å². The molecule has 2 aromatic carbocycles. The average molecular weight is 369 g/mol. The number of pyridine rings is 1. The summed E-state index contributed by atoms with van der Waals surface area (Å²) in [5.74, 6) is 0.758. The van der Waals surface area contributed by atoms with Gasteiger partial charge in [-0.3, -0.25) is 4.79 Å². The van der Waals surface area contributed by atoms with E-state index >= 15 is 0 Å². The van der Waals surface area contributed by atoms with Crippen LogP contribution in [0.25, 0.3) is 0 Å². The predicted molar refractivity (Wildman–Crippen MR) is 110 cm³/mol. The Labute approximate surface area is 163 Å². The summed E-state index contributed by atoms with van der Waals surface area (Å²) in [6.07, 6.45) is 3.12. The van der Waals surface area contributed by atoms with Gasteiger partial charge in [-0.15, -0.1) is 0 Å². The van der Waals surface area contributed by atoms with Gasteiger partial charge in [0, 0.05) is 12.2 Å². The smallest absolute Gasteiger partial charge is 0.291 e. The van der Waals surface area contributed by atoms with E-state index in [0.29, 0.717) is 12.2 Å². The van der Waals surface area contributed by atoms with Gasteiger partial charge < -0.3 is 14.6 Å². The van der Waals surface area contributed by atoms with Crippen LogP contribution in [0, 0.1) is 0 Å². The van der Waals surface area contributed by atoms with E-state index in [0.717, 1.165) is 11.5 Å². The zero-order valence-corrected chi connectivity index (χ0v) is 15.2. The van der Waals surface area contributed by atoms with Crippen molar-refractivity contribution in [2.75, 3.05) is 10.2 Å². The Bertz CT molecular complexity index is 1010. The normalized spacial score (nSPS) is 10.4. The third-order valence-electron chi connectivity index (χ3n) is 4.28. The number of nitrogens with one attached hydrogen (secondary N) is 1. The minimum absolute atomic E-state index is 0.263. The van der Waals surface area contributed by atoms with Crippen LogP contribution in [0.15, 0.2) is 102 Å². The van der Waals surface area contributed by atoms with E-state index in [-0.39, 0.29) is 11.7 Å². The molecule has 0 saturated heterocycles. The number of amides is 1. The predicted octanol–water partition coefficient (Wildman–Crippen LogP) is 5.27. The second kappa shape index (κ2) is 8.22. The number of nitrogens with zero attached hydrogens (tertiary/aromatic N) is 2. The van der Waals surface area contributed by atoms with Crippen molar-refractivity contribution in [3.05, 3.63) is 109 Å². The lowest BCUT2D eigenvalue weighted by atomic mass is 10.2. The van der Waals surface area contributed by atoms with E-state index in [1.54, 1.807) is 18.3 Å². The SMILES string of the molecule is O=C(Nc1ccc(N(Cc2ccccc2)c2ccccc2)nc1)c1ccco1. The van der Waals surface area contributed by atoms with Gasteiger partial charge in [0.2, 0.25) is 0 Å². The van der Waals surface area contributed by atoms with Gasteiger partial charge in [0.05, 0.1) is 18.1 Å². The first kappa shape index (κ1) is 17.5. The number of furan rings is 1. The summed E-state index contributed by atoms with van der Waals surface area (Å²) in [4.78, 5) is 18.8. The summed E-state index contributed by atoms with van der Waals surface area (Å²) in [5.41, 5.74) is 2.84. The Morgan fingerprint density at radius 1 is 0.893 bits per heavy atom. The molecular weight excluding hydrogens is 350 g/mol. The molecule has 2 aromatic heterocycles. The number of para-hydroxylation sites is 1. The van der Waals surface area contributed by atoms with Crippen LogP contribution >= 0.6 is 0 Å². The van der Waals surface area contributed by atoms with Gasteiger partial charge in [-0.2, -0.15) is 0 Å². The maximum atomic E-state index is 12.1. The zero-order valence-electron chi connectivity index (χ0n) is 15.2. The maximum absolute atomic E-state index is 12.1. The third kappa shape index (κ3) is 4.10. The molecule has 0 radical (unpaired) electrons. The molecule has 0 aliphatic heterocycles. The van der Waals surface area contributed by atoms with Crippen molar-refractivity contribution in [2.45, 2.75) is 6.54 Å². The topological polar surface area (TPSA) is 58.4 Å². The highest BCUT2D eigenvalue weighted by Gasteiger charge is 2.13. The van der Waals surface area contributed by atoms with E-state index in [9.17, 15) is 4.79 Å². The molecule has 5 nitrogen and oxygen atoms in total. The number of aromatic nitrogens is 1. The number of carbonyl (C=O) groups is 1. The van der Waals surface area contributed by atoms with Gasteiger partial charge in [-0.05, 0) is 42.0 Å². The summed E-state index contributed by atoms with van der Waals surface area (Å²) in [7, 11) is 0. The fraction of sp³-hybridized carbons (Fsp3) is 0.0435. The fourth-order valence-electron chi connectivity index (χ4n) is 2.90. The van der Waals surface area contributed by atoms with Crippen molar-refractivity contribution >= 4 is 23.1 Å². The van der Waals surface area contributed by atoms with Crippen molar-refractivity contribution < 1.29 is 9.21 Å². The maximum Gasteiger partial charge on any atom is 0.291 e.